The van der Waals surface area contributed by atoms with E-state index >= 15 is 0 Å². The SMILES string of the molecule is Cc1cc2c(N(C)CC(=O)O)ccc(N)c2cn1. The van der Waals surface area contributed by atoms with Gasteiger partial charge in [0.1, 0.15) is 6.54 Å². The van der Waals surface area contributed by atoms with Crippen molar-refractivity contribution < 1.29 is 9.90 Å². The van der Waals surface area contributed by atoms with Gasteiger partial charge in [-0.25, -0.2) is 0 Å². The number of pyridine rings is 1. The Balaban J connectivity index is 2.60. The molecule has 0 unspecified atom stereocenters. The average molecular weight is 245 g/mol. The molecule has 2 aromatic rings. The molecule has 3 N–H and O–H groups in total. The van der Waals surface area contributed by atoms with E-state index in [4.69, 9.17) is 10.8 Å². The van der Waals surface area contributed by atoms with Gasteiger partial charge in [0.25, 0.3) is 0 Å². The van der Waals surface area contributed by atoms with Crippen LogP contribution in [-0.2, 0) is 4.79 Å². The fourth-order valence-corrected chi connectivity index (χ4v) is 1.97. The van der Waals surface area contributed by atoms with Crippen LogP contribution in [0.3, 0.4) is 0 Å². The molecule has 0 saturated carbocycles. The van der Waals surface area contributed by atoms with Crippen molar-refractivity contribution in [2.24, 2.45) is 0 Å². The number of hydrogen-bond donors (Lipinski definition) is 2. The number of hydrogen-bond acceptors (Lipinski definition) is 4. The summed E-state index contributed by atoms with van der Waals surface area (Å²) in [4.78, 5) is 16.7. The van der Waals surface area contributed by atoms with Gasteiger partial charge in [0, 0.05) is 41.1 Å². The summed E-state index contributed by atoms with van der Waals surface area (Å²) in [6, 6.07) is 5.52. The number of benzene rings is 1. The number of anilines is 2. The summed E-state index contributed by atoms with van der Waals surface area (Å²) in [6.07, 6.45) is 1.72. The lowest BCUT2D eigenvalue weighted by Gasteiger charge is -2.19. The first-order valence-corrected chi connectivity index (χ1v) is 5.57. The van der Waals surface area contributed by atoms with Crippen LogP contribution < -0.4 is 10.6 Å². The van der Waals surface area contributed by atoms with Gasteiger partial charge in [-0.15, -0.1) is 0 Å². The molecule has 18 heavy (non-hydrogen) atoms. The predicted octanol–water partition coefficient (Wildman–Crippen LogP) is 1.65. The third-order valence-corrected chi connectivity index (χ3v) is 2.83. The van der Waals surface area contributed by atoms with E-state index in [0.717, 1.165) is 22.2 Å². The fraction of sp³-hybridized carbons (Fsp3) is 0.231. The first-order valence-electron chi connectivity index (χ1n) is 5.57. The summed E-state index contributed by atoms with van der Waals surface area (Å²) in [6.45, 7) is 1.84. The van der Waals surface area contributed by atoms with Crippen LogP contribution in [0, 0.1) is 6.92 Å². The van der Waals surface area contributed by atoms with Crippen LogP contribution in [-0.4, -0.2) is 29.7 Å². The van der Waals surface area contributed by atoms with Gasteiger partial charge in [-0.2, -0.15) is 0 Å². The Morgan fingerprint density at radius 2 is 2.17 bits per heavy atom. The van der Waals surface area contributed by atoms with Gasteiger partial charge in [-0.05, 0) is 25.1 Å². The second-order valence-electron chi connectivity index (χ2n) is 4.29. The van der Waals surface area contributed by atoms with E-state index in [2.05, 4.69) is 4.98 Å². The van der Waals surface area contributed by atoms with Crippen LogP contribution in [0.25, 0.3) is 10.8 Å². The summed E-state index contributed by atoms with van der Waals surface area (Å²) < 4.78 is 0. The van der Waals surface area contributed by atoms with Gasteiger partial charge < -0.3 is 15.7 Å². The summed E-state index contributed by atoms with van der Waals surface area (Å²) in [5.41, 5.74) is 8.26. The van der Waals surface area contributed by atoms with Crippen molar-refractivity contribution in [3.63, 3.8) is 0 Å². The van der Waals surface area contributed by atoms with Crippen LogP contribution in [0.2, 0.25) is 0 Å². The molecule has 0 aliphatic rings. The monoisotopic (exact) mass is 245 g/mol. The van der Waals surface area contributed by atoms with Crippen LogP contribution >= 0.6 is 0 Å². The largest absolute Gasteiger partial charge is 0.480 e. The van der Waals surface area contributed by atoms with Crippen molar-refractivity contribution in [3.05, 3.63) is 30.1 Å². The normalized spacial score (nSPS) is 10.6. The maximum Gasteiger partial charge on any atom is 0.323 e. The number of likely N-dealkylation sites (N-methyl/N-ethyl adjacent to an activating group) is 1. The van der Waals surface area contributed by atoms with E-state index in [0.29, 0.717) is 5.69 Å². The van der Waals surface area contributed by atoms with Gasteiger partial charge >= 0.3 is 5.97 Å². The van der Waals surface area contributed by atoms with Gasteiger partial charge in [0.15, 0.2) is 0 Å². The lowest BCUT2D eigenvalue weighted by molar-refractivity contribution is -0.135. The minimum absolute atomic E-state index is 0.0552. The van der Waals surface area contributed by atoms with E-state index in [-0.39, 0.29) is 6.54 Å². The van der Waals surface area contributed by atoms with Crippen LogP contribution in [0.4, 0.5) is 11.4 Å². The first kappa shape index (κ1) is 12.2. The molecular weight excluding hydrogens is 230 g/mol. The number of carboxylic acids is 1. The fourth-order valence-electron chi connectivity index (χ4n) is 1.97. The molecule has 1 aromatic heterocycles. The van der Waals surface area contributed by atoms with Crippen molar-refractivity contribution in [1.82, 2.24) is 4.98 Å². The molecule has 0 bridgehead atoms. The highest BCUT2D eigenvalue weighted by Crippen LogP contribution is 2.30. The summed E-state index contributed by atoms with van der Waals surface area (Å²) >= 11 is 0. The van der Waals surface area contributed by atoms with Crippen molar-refractivity contribution in [2.45, 2.75) is 6.92 Å². The molecule has 0 radical (unpaired) electrons. The molecule has 5 heteroatoms. The highest BCUT2D eigenvalue weighted by Gasteiger charge is 2.11. The highest BCUT2D eigenvalue weighted by molar-refractivity contribution is 6.01. The smallest absolute Gasteiger partial charge is 0.323 e. The lowest BCUT2D eigenvalue weighted by Crippen LogP contribution is -2.25. The Morgan fingerprint density at radius 1 is 1.44 bits per heavy atom. The zero-order valence-corrected chi connectivity index (χ0v) is 10.3. The Kier molecular flexibility index (Phi) is 3.06. The Labute approximate surface area is 105 Å². The summed E-state index contributed by atoms with van der Waals surface area (Å²) in [5, 5.41) is 10.6. The molecule has 5 nitrogen and oxygen atoms in total. The van der Waals surface area contributed by atoms with E-state index in [9.17, 15) is 4.79 Å². The molecule has 0 spiro atoms. The third-order valence-electron chi connectivity index (χ3n) is 2.83. The molecular formula is C13H15N3O2. The Hall–Kier alpha value is -2.30. The summed E-state index contributed by atoms with van der Waals surface area (Å²) in [7, 11) is 1.74. The Bertz CT molecular complexity index is 610. The minimum Gasteiger partial charge on any atom is -0.480 e. The van der Waals surface area contributed by atoms with E-state index in [1.165, 1.54) is 0 Å². The quantitative estimate of drug-likeness (QED) is 0.804. The minimum atomic E-state index is -0.867. The van der Waals surface area contributed by atoms with Gasteiger partial charge in [0.2, 0.25) is 0 Å². The number of carboxylic acid groups (broad SMARTS) is 1. The maximum absolute atomic E-state index is 10.8. The molecule has 0 atom stereocenters. The number of fused-ring (bicyclic) bond motifs is 1. The number of nitrogen functional groups attached to an aromatic ring is 1. The van der Waals surface area contributed by atoms with Crippen molar-refractivity contribution in [1.29, 1.82) is 0 Å². The van der Waals surface area contributed by atoms with Crippen molar-refractivity contribution in [2.75, 3.05) is 24.2 Å². The molecule has 1 aromatic carbocycles. The third kappa shape index (κ3) is 2.20. The number of aryl methyl sites for hydroxylation is 1. The molecule has 0 fully saturated rings. The molecule has 1 heterocycles. The number of carbonyl (C=O) groups is 1. The van der Waals surface area contributed by atoms with Crippen LogP contribution in [0.15, 0.2) is 24.4 Å². The highest BCUT2D eigenvalue weighted by atomic mass is 16.4. The molecule has 2 rings (SSSR count). The number of nitrogens with zero attached hydrogens (tertiary/aromatic N) is 2. The van der Waals surface area contributed by atoms with Gasteiger partial charge in [0.05, 0.1) is 0 Å². The van der Waals surface area contributed by atoms with Crippen molar-refractivity contribution in [3.8, 4) is 0 Å². The second kappa shape index (κ2) is 4.52. The van der Waals surface area contributed by atoms with Crippen LogP contribution in [0.5, 0.6) is 0 Å². The molecule has 0 aliphatic heterocycles. The number of aliphatic carboxylic acids is 1. The standard InChI is InChI=1S/C13H15N3O2/c1-8-5-9-10(6-15-8)11(14)3-4-12(9)16(2)7-13(17)18/h3-6H,7,14H2,1-2H3,(H,17,18). The Morgan fingerprint density at radius 3 is 2.83 bits per heavy atom. The average Bonchev–Trinajstić information content (AvgIpc) is 2.28. The number of aromatic nitrogens is 1. The maximum atomic E-state index is 10.8. The van der Waals surface area contributed by atoms with Gasteiger partial charge in [-0.1, -0.05) is 0 Å². The zero-order chi connectivity index (χ0) is 13.3. The second-order valence-corrected chi connectivity index (χ2v) is 4.29. The first-order chi connectivity index (χ1) is 8.49. The van der Waals surface area contributed by atoms with Crippen molar-refractivity contribution >= 4 is 28.1 Å². The predicted molar refractivity (Wildman–Crippen MR) is 71.8 cm³/mol. The van der Waals surface area contributed by atoms with Crippen LogP contribution in [0.1, 0.15) is 5.69 Å². The zero-order valence-electron chi connectivity index (χ0n) is 10.3. The van der Waals surface area contributed by atoms with E-state index in [1.807, 2.05) is 19.1 Å². The molecule has 94 valence electrons. The molecule has 0 aliphatic carbocycles. The topological polar surface area (TPSA) is 79.5 Å². The van der Waals surface area contributed by atoms with E-state index in [1.54, 1.807) is 24.2 Å². The number of rotatable bonds is 3. The molecule has 0 amide bonds. The van der Waals surface area contributed by atoms with Gasteiger partial charge in [-0.3, -0.25) is 9.78 Å². The molecule has 0 saturated heterocycles. The number of nitrogens with two attached hydrogens (primary N) is 1. The summed E-state index contributed by atoms with van der Waals surface area (Å²) in [5.74, 6) is -0.867. The lowest BCUT2D eigenvalue weighted by atomic mass is 10.1. The van der Waals surface area contributed by atoms with E-state index < -0.39 is 5.97 Å².